The molecular weight excluding hydrogens is 388 g/mol. The molecule has 1 aromatic heterocycles. The van der Waals surface area contributed by atoms with Gasteiger partial charge in [-0.25, -0.2) is 4.98 Å². The number of anilines is 1. The molecule has 6 heteroatoms. The van der Waals surface area contributed by atoms with Crippen LogP contribution in [0.1, 0.15) is 82.6 Å². The summed E-state index contributed by atoms with van der Waals surface area (Å²) in [6.45, 7) is 0.401. The number of carbonyl (C=O) groups is 2. The molecule has 0 bridgehead atoms. The fourth-order valence-electron chi connectivity index (χ4n) is 6.23. The highest BCUT2D eigenvalue weighted by Crippen LogP contribution is 2.45. The van der Waals surface area contributed by atoms with Crippen molar-refractivity contribution in [3.05, 3.63) is 23.9 Å². The summed E-state index contributed by atoms with van der Waals surface area (Å²) < 4.78 is 0. The first kappa shape index (κ1) is 22.1. The fraction of sp³-hybridized carbons (Fsp3) is 0.720. The highest BCUT2D eigenvalue weighted by molar-refractivity contribution is 5.88. The second-order valence-electron chi connectivity index (χ2n) is 9.99. The van der Waals surface area contributed by atoms with E-state index in [1.165, 1.54) is 44.9 Å². The van der Waals surface area contributed by atoms with Crippen molar-refractivity contribution in [2.45, 2.75) is 89.6 Å². The Labute approximate surface area is 186 Å². The maximum absolute atomic E-state index is 13.2. The Bertz CT molecular complexity index is 742. The van der Waals surface area contributed by atoms with Crippen LogP contribution in [0.4, 0.5) is 5.82 Å². The molecule has 4 N–H and O–H groups in total. The molecule has 1 heterocycles. The third kappa shape index (κ3) is 5.78. The van der Waals surface area contributed by atoms with Gasteiger partial charge in [-0.15, -0.1) is 0 Å². The van der Waals surface area contributed by atoms with Gasteiger partial charge in [0, 0.05) is 18.7 Å². The lowest BCUT2D eigenvalue weighted by atomic mass is 9.64. The number of pyridine rings is 1. The van der Waals surface area contributed by atoms with Crippen LogP contribution in [0.5, 0.6) is 0 Å². The number of fused-ring (bicyclic) bond motifs is 1. The molecule has 1 aromatic rings. The number of aromatic nitrogens is 1. The normalized spacial score (nSPS) is 27.3. The molecule has 6 nitrogen and oxygen atoms in total. The van der Waals surface area contributed by atoms with Crippen LogP contribution in [0.15, 0.2) is 18.3 Å². The zero-order valence-electron chi connectivity index (χ0n) is 18.7. The first-order chi connectivity index (χ1) is 15.1. The number of amides is 2. The summed E-state index contributed by atoms with van der Waals surface area (Å²) in [6.07, 6.45) is 15.7. The van der Waals surface area contributed by atoms with Gasteiger partial charge in [0.2, 0.25) is 11.8 Å². The minimum atomic E-state index is -0.444. The zero-order valence-corrected chi connectivity index (χ0v) is 18.7. The van der Waals surface area contributed by atoms with Gasteiger partial charge < -0.3 is 16.4 Å². The maximum atomic E-state index is 13.2. The number of hydrogen-bond donors (Lipinski definition) is 3. The van der Waals surface area contributed by atoms with Gasteiger partial charge >= 0.3 is 0 Å². The zero-order chi connectivity index (χ0) is 21.6. The van der Waals surface area contributed by atoms with Crippen LogP contribution in [-0.4, -0.2) is 22.8 Å². The van der Waals surface area contributed by atoms with Crippen LogP contribution in [0.2, 0.25) is 0 Å². The van der Waals surface area contributed by atoms with Crippen molar-refractivity contribution in [1.29, 1.82) is 0 Å². The molecule has 0 saturated heterocycles. The van der Waals surface area contributed by atoms with Crippen molar-refractivity contribution in [3.8, 4) is 0 Å². The van der Waals surface area contributed by atoms with Crippen LogP contribution in [-0.2, 0) is 16.1 Å². The van der Waals surface area contributed by atoms with Gasteiger partial charge in [-0.2, -0.15) is 0 Å². The van der Waals surface area contributed by atoms with Crippen molar-refractivity contribution in [2.24, 2.45) is 23.7 Å². The van der Waals surface area contributed by atoms with Crippen LogP contribution in [0.3, 0.4) is 0 Å². The largest absolute Gasteiger partial charge is 0.384 e. The lowest BCUT2D eigenvalue weighted by Gasteiger charge is -2.42. The van der Waals surface area contributed by atoms with E-state index in [4.69, 9.17) is 5.73 Å². The van der Waals surface area contributed by atoms with E-state index in [1.807, 2.05) is 6.07 Å². The molecule has 3 aliphatic rings. The van der Waals surface area contributed by atoms with E-state index >= 15 is 0 Å². The average Bonchev–Trinajstić information content (AvgIpc) is 3.33. The van der Waals surface area contributed by atoms with Gasteiger partial charge in [-0.05, 0) is 55.1 Å². The van der Waals surface area contributed by atoms with E-state index in [1.54, 1.807) is 12.3 Å². The summed E-state index contributed by atoms with van der Waals surface area (Å²) in [5.74, 6) is 2.63. The minimum Gasteiger partial charge on any atom is -0.384 e. The smallest absolute Gasteiger partial charge is 0.242 e. The minimum absolute atomic E-state index is 0.0684. The Morgan fingerprint density at radius 2 is 1.74 bits per heavy atom. The molecule has 0 radical (unpaired) electrons. The summed E-state index contributed by atoms with van der Waals surface area (Å²) in [7, 11) is 0. The van der Waals surface area contributed by atoms with Gasteiger partial charge in [0.15, 0.2) is 0 Å². The Hall–Kier alpha value is -2.11. The fourth-order valence-corrected chi connectivity index (χ4v) is 6.23. The van der Waals surface area contributed by atoms with E-state index in [2.05, 4.69) is 15.6 Å². The Kier molecular flexibility index (Phi) is 7.46. The first-order valence-corrected chi connectivity index (χ1v) is 12.4. The molecule has 0 aliphatic heterocycles. The van der Waals surface area contributed by atoms with Crippen LogP contribution in [0, 0.1) is 23.7 Å². The number of nitrogens with zero attached hydrogens (tertiary/aromatic N) is 1. The number of carbonyl (C=O) groups excluding carboxylic acids is 2. The number of rotatable bonds is 7. The predicted molar refractivity (Wildman–Crippen MR) is 122 cm³/mol. The van der Waals surface area contributed by atoms with Crippen molar-refractivity contribution in [1.82, 2.24) is 15.6 Å². The number of nitrogens with two attached hydrogens (primary N) is 1. The number of nitrogen functional groups attached to an aromatic ring is 1. The third-order valence-electron chi connectivity index (χ3n) is 7.93. The van der Waals surface area contributed by atoms with Crippen LogP contribution >= 0.6 is 0 Å². The second-order valence-corrected chi connectivity index (χ2v) is 9.99. The lowest BCUT2D eigenvalue weighted by Crippen LogP contribution is -2.50. The van der Waals surface area contributed by atoms with Gasteiger partial charge in [-0.3, -0.25) is 9.59 Å². The Morgan fingerprint density at radius 3 is 2.52 bits per heavy atom. The molecule has 2 amide bonds. The van der Waals surface area contributed by atoms with Crippen molar-refractivity contribution >= 4 is 17.6 Å². The molecule has 4 rings (SSSR count). The first-order valence-electron chi connectivity index (χ1n) is 12.4. The van der Waals surface area contributed by atoms with E-state index in [0.29, 0.717) is 18.3 Å². The van der Waals surface area contributed by atoms with Crippen molar-refractivity contribution < 1.29 is 9.59 Å². The van der Waals surface area contributed by atoms with Crippen molar-refractivity contribution in [2.75, 3.05) is 5.73 Å². The molecule has 3 saturated carbocycles. The molecule has 4 atom stereocenters. The number of hydrogen-bond acceptors (Lipinski definition) is 4. The quantitative estimate of drug-likeness (QED) is 0.615. The molecule has 3 unspecified atom stereocenters. The summed E-state index contributed by atoms with van der Waals surface area (Å²) >= 11 is 0. The number of nitrogens with one attached hydrogen (secondary N) is 2. The SMILES string of the molecule is Nc1ccc(CNC(=O)[C@H](CC2CCCC3CCCCC32)NC(=O)C2CCCC2)cn1. The standard InChI is InChI=1S/C25H38N4O2/c26-23-13-12-17(15-27-23)16-28-25(31)22(29-24(30)19-7-1-2-8-19)14-20-10-5-9-18-6-3-4-11-21(18)20/h12-13,15,18-22H,1-11,14,16H2,(H2,26,27)(H,28,31)(H,29,30)/t18?,20?,21?,22-/m0/s1. The summed E-state index contributed by atoms with van der Waals surface area (Å²) in [4.78, 5) is 30.2. The lowest BCUT2D eigenvalue weighted by molar-refractivity contribution is -0.131. The molecule has 3 fully saturated rings. The average molecular weight is 427 g/mol. The molecule has 170 valence electrons. The van der Waals surface area contributed by atoms with Gasteiger partial charge in [0.05, 0.1) is 0 Å². The molecule has 3 aliphatic carbocycles. The highest BCUT2D eigenvalue weighted by atomic mass is 16.2. The molecule has 31 heavy (non-hydrogen) atoms. The summed E-state index contributed by atoms with van der Waals surface area (Å²) in [5.41, 5.74) is 6.57. The third-order valence-corrected chi connectivity index (χ3v) is 7.93. The van der Waals surface area contributed by atoms with E-state index in [-0.39, 0.29) is 17.7 Å². The molecular formula is C25H38N4O2. The predicted octanol–water partition coefficient (Wildman–Crippen LogP) is 3.95. The van der Waals surface area contributed by atoms with Gasteiger partial charge in [-0.1, -0.05) is 57.4 Å². The van der Waals surface area contributed by atoms with E-state index in [9.17, 15) is 9.59 Å². The van der Waals surface area contributed by atoms with E-state index < -0.39 is 6.04 Å². The highest BCUT2D eigenvalue weighted by Gasteiger charge is 2.38. The molecule has 0 aromatic carbocycles. The molecule has 0 spiro atoms. The van der Waals surface area contributed by atoms with Crippen LogP contribution < -0.4 is 16.4 Å². The monoisotopic (exact) mass is 426 g/mol. The summed E-state index contributed by atoms with van der Waals surface area (Å²) in [6, 6.07) is 3.18. The topological polar surface area (TPSA) is 97.1 Å². The second kappa shape index (κ2) is 10.5. The van der Waals surface area contributed by atoms with Crippen molar-refractivity contribution in [3.63, 3.8) is 0 Å². The summed E-state index contributed by atoms with van der Waals surface area (Å²) in [5, 5.41) is 6.20. The van der Waals surface area contributed by atoms with Crippen LogP contribution in [0.25, 0.3) is 0 Å². The van der Waals surface area contributed by atoms with E-state index in [0.717, 1.165) is 49.5 Å². The van der Waals surface area contributed by atoms with Gasteiger partial charge in [0.25, 0.3) is 0 Å². The maximum Gasteiger partial charge on any atom is 0.242 e. The Balaban J connectivity index is 1.41. The van der Waals surface area contributed by atoms with Gasteiger partial charge in [0.1, 0.15) is 11.9 Å². The Morgan fingerprint density at radius 1 is 1.00 bits per heavy atom.